The SMILES string of the molecule is COc1ccc2oc(C(=O)OCc3cc(OC)c(OC)cc3C)c(C)c2c1. The second-order valence-electron chi connectivity index (χ2n) is 6.13. The van der Waals surface area contributed by atoms with Crippen molar-refractivity contribution in [3.05, 3.63) is 52.8 Å². The molecule has 2 aromatic carbocycles. The molecule has 3 aromatic rings. The largest absolute Gasteiger partial charge is 0.497 e. The number of aryl methyl sites for hydroxylation is 2. The summed E-state index contributed by atoms with van der Waals surface area (Å²) < 4.78 is 27.0. The highest BCUT2D eigenvalue weighted by Crippen LogP contribution is 2.32. The first-order valence-corrected chi connectivity index (χ1v) is 8.44. The molecule has 0 fully saturated rings. The fourth-order valence-electron chi connectivity index (χ4n) is 2.91. The Labute approximate surface area is 157 Å². The molecule has 0 atom stereocenters. The molecule has 6 heteroatoms. The fourth-order valence-corrected chi connectivity index (χ4v) is 2.91. The number of hydrogen-bond acceptors (Lipinski definition) is 6. The highest BCUT2D eigenvalue weighted by Gasteiger charge is 2.20. The number of fused-ring (bicyclic) bond motifs is 1. The van der Waals surface area contributed by atoms with Gasteiger partial charge in [-0.25, -0.2) is 4.79 Å². The van der Waals surface area contributed by atoms with Crippen LogP contribution in [0.4, 0.5) is 0 Å². The fraction of sp³-hybridized carbons (Fsp3) is 0.286. The topological polar surface area (TPSA) is 67.1 Å². The third-order valence-corrected chi connectivity index (χ3v) is 4.53. The minimum atomic E-state index is -0.517. The van der Waals surface area contributed by atoms with E-state index in [1.807, 2.05) is 26.0 Å². The van der Waals surface area contributed by atoms with E-state index in [0.717, 1.165) is 22.1 Å². The number of furan rings is 1. The van der Waals surface area contributed by atoms with Gasteiger partial charge in [-0.3, -0.25) is 0 Å². The van der Waals surface area contributed by atoms with Crippen molar-refractivity contribution in [1.29, 1.82) is 0 Å². The Morgan fingerprint density at radius 2 is 1.67 bits per heavy atom. The number of rotatable bonds is 6. The van der Waals surface area contributed by atoms with E-state index in [2.05, 4.69) is 0 Å². The Kier molecular flexibility index (Phi) is 5.26. The number of carbonyl (C=O) groups is 1. The molecule has 0 saturated heterocycles. The highest BCUT2D eigenvalue weighted by atomic mass is 16.5. The monoisotopic (exact) mass is 370 g/mol. The molecule has 3 rings (SSSR count). The zero-order chi connectivity index (χ0) is 19.6. The Bertz CT molecular complexity index is 986. The van der Waals surface area contributed by atoms with Crippen molar-refractivity contribution in [3.63, 3.8) is 0 Å². The molecular weight excluding hydrogens is 348 g/mol. The van der Waals surface area contributed by atoms with Gasteiger partial charge < -0.3 is 23.4 Å². The van der Waals surface area contributed by atoms with Crippen LogP contribution in [-0.2, 0) is 11.3 Å². The van der Waals surface area contributed by atoms with Crippen molar-refractivity contribution in [3.8, 4) is 17.2 Å². The van der Waals surface area contributed by atoms with Crippen LogP contribution in [0.3, 0.4) is 0 Å². The van der Waals surface area contributed by atoms with Gasteiger partial charge in [0, 0.05) is 10.9 Å². The second kappa shape index (κ2) is 7.61. The summed E-state index contributed by atoms with van der Waals surface area (Å²) in [7, 11) is 4.74. The summed E-state index contributed by atoms with van der Waals surface area (Å²) in [6, 6.07) is 9.05. The minimum Gasteiger partial charge on any atom is -0.497 e. The van der Waals surface area contributed by atoms with Gasteiger partial charge in [0.25, 0.3) is 0 Å². The van der Waals surface area contributed by atoms with Gasteiger partial charge in [-0.15, -0.1) is 0 Å². The molecule has 1 aromatic heterocycles. The number of hydrogen-bond donors (Lipinski definition) is 0. The first kappa shape index (κ1) is 18.6. The number of esters is 1. The van der Waals surface area contributed by atoms with E-state index in [9.17, 15) is 4.79 Å². The van der Waals surface area contributed by atoms with Gasteiger partial charge in [-0.05, 0) is 55.3 Å². The molecule has 0 spiro atoms. The van der Waals surface area contributed by atoms with Gasteiger partial charge in [0.2, 0.25) is 5.76 Å². The van der Waals surface area contributed by atoms with Crippen molar-refractivity contribution in [1.82, 2.24) is 0 Å². The minimum absolute atomic E-state index is 0.102. The molecule has 0 radical (unpaired) electrons. The Balaban J connectivity index is 1.82. The normalized spacial score (nSPS) is 10.7. The van der Waals surface area contributed by atoms with E-state index in [-0.39, 0.29) is 12.4 Å². The summed E-state index contributed by atoms with van der Waals surface area (Å²) in [5.41, 5.74) is 3.10. The molecule has 0 aliphatic heterocycles. The lowest BCUT2D eigenvalue weighted by Gasteiger charge is -2.12. The summed E-state index contributed by atoms with van der Waals surface area (Å²) in [5.74, 6) is 1.59. The quantitative estimate of drug-likeness (QED) is 0.598. The van der Waals surface area contributed by atoms with Crippen LogP contribution in [-0.4, -0.2) is 27.3 Å². The standard InChI is InChI=1S/C21H22O6/c1-12-8-18(24-4)19(25-5)9-14(12)11-26-21(22)20-13(2)16-10-15(23-3)6-7-17(16)27-20/h6-10H,11H2,1-5H3. The van der Waals surface area contributed by atoms with Crippen LogP contribution < -0.4 is 14.2 Å². The van der Waals surface area contributed by atoms with Crippen LogP contribution in [0.1, 0.15) is 27.2 Å². The summed E-state index contributed by atoms with van der Waals surface area (Å²) in [5, 5.41) is 0.823. The van der Waals surface area contributed by atoms with Crippen LogP contribution >= 0.6 is 0 Å². The third kappa shape index (κ3) is 3.56. The van der Waals surface area contributed by atoms with Crippen molar-refractivity contribution >= 4 is 16.9 Å². The van der Waals surface area contributed by atoms with E-state index in [4.69, 9.17) is 23.4 Å². The molecule has 0 saturated carbocycles. The third-order valence-electron chi connectivity index (χ3n) is 4.53. The van der Waals surface area contributed by atoms with E-state index in [1.165, 1.54) is 0 Å². The lowest BCUT2D eigenvalue weighted by atomic mass is 10.1. The smallest absolute Gasteiger partial charge is 0.374 e. The molecule has 142 valence electrons. The van der Waals surface area contributed by atoms with E-state index in [0.29, 0.717) is 22.8 Å². The summed E-state index contributed by atoms with van der Waals surface area (Å²) >= 11 is 0. The number of benzene rings is 2. The molecule has 0 aliphatic rings. The van der Waals surface area contributed by atoms with Crippen molar-refractivity contribution in [2.45, 2.75) is 20.5 Å². The zero-order valence-corrected chi connectivity index (χ0v) is 16.0. The van der Waals surface area contributed by atoms with Crippen LogP contribution in [0, 0.1) is 13.8 Å². The molecule has 27 heavy (non-hydrogen) atoms. The molecule has 0 bridgehead atoms. The Morgan fingerprint density at radius 1 is 0.963 bits per heavy atom. The number of methoxy groups -OCH3 is 3. The molecule has 0 N–H and O–H groups in total. The van der Waals surface area contributed by atoms with Crippen molar-refractivity contribution in [2.24, 2.45) is 0 Å². The Hall–Kier alpha value is -3.15. The Morgan fingerprint density at radius 3 is 2.33 bits per heavy atom. The maximum atomic E-state index is 12.5. The highest BCUT2D eigenvalue weighted by molar-refractivity contribution is 5.96. The van der Waals surface area contributed by atoms with Gasteiger partial charge in [0.15, 0.2) is 11.5 Å². The number of ether oxygens (including phenoxy) is 4. The lowest BCUT2D eigenvalue weighted by molar-refractivity contribution is 0.0436. The first-order chi connectivity index (χ1) is 13.0. The van der Waals surface area contributed by atoms with E-state index in [1.54, 1.807) is 39.5 Å². The average molecular weight is 370 g/mol. The van der Waals surface area contributed by atoms with Gasteiger partial charge in [-0.1, -0.05) is 0 Å². The average Bonchev–Trinajstić information content (AvgIpc) is 3.02. The van der Waals surface area contributed by atoms with Gasteiger partial charge in [0.05, 0.1) is 21.3 Å². The molecule has 0 unspecified atom stereocenters. The summed E-state index contributed by atoms with van der Waals surface area (Å²) in [4.78, 5) is 12.5. The van der Waals surface area contributed by atoms with Crippen molar-refractivity contribution in [2.75, 3.05) is 21.3 Å². The van der Waals surface area contributed by atoms with Gasteiger partial charge in [-0.2, -0.15) is 0 Å². The molecule has 0 amide bonds. The maximum absolute atomic E-state index is 12.5. The van der Waals surface area contributed by atoms with Crippen LogP contribution in [0.15, 0.2) is 34.7 Å². The molecule has 0 aliphatic carbocycles. The van der Waals surface area contributed by atoms with E-state index >= 15 is 0 Å². The van der Waals surface area contributed by atoms with Crippen LogP contribution in [0.5, 0.6) is 17.2 Å². The van der Waals surface area contributed by atoms with Crippen LogP contribution in [0.2, 0.25) is 0 Å². The van der Waals surface area contributed by atoms with E-state index < -0.39 is 5.97 Å². The predicted octanol–water partition coefficient (Wildman–Crippen LogP) is 4.43. The molecule has 6 nitrogen and oxygen atoms in total. The number of carbonyl (C=O) groups excluding carboxylic acids is 1. The maximum Gasteiger partial charge on any atom is 0.374 e. The lowest BCUT2D eigenvalue weighted by Crippen LogP contribution is -2.07. The molecular formula is C21H22O6. The van der Waals surface area contributed by atoms with Crippen molar-refractivity contribution < 1.29 is 28.2 Å². The summed E-state index contributed by atoms with van der Waals surface area (Å²) in [6.07, 6.45) is 0. The van der Waals surface area contributed by atoms with Crippen LogP contribution in [0.25, 0.3) is 11.0 Å². The first-order valence-electron chi connectivity index (χ1n) is 8.44. The predicted molar refractivity (Wildman–Crippen MR) is 101 cm³/mol. The second-order valence-corrected chi connectivity index (χ2v) is 6.13. The van der Waals surface area contributed by atoms with Gasteiger partial charge >= 0.3 is 5.97 Å². The summed E-state index contributed by atoms with van der Waals surface area (Å²) in [6.45, 7) is 3.85. The molecule has 1 heterocycles. The van der Waals surface area contributed by atoms with Gasteiger partial charge in [0.1, 0.15) is 17.9 Å². The zero-order valence-electron chi connectivity index (χ0n) is 16.0.